The van der Waals surface area contributed by atoms with E-state index in [0.29, 0.717) is 16.6 Å². The average Bonchev–Trinajstić information content (AvgIpc) is 2.33. The van der Waals surface area contributed by atoms with Crippen LogP contribution in [0, 0.1) is 6.92 Å². The predicted octanol–water partition coefficient (Wildman–Crippen LogP) is 4.91. The smallest absolute Gasteiger partial charge is 0.0642 e. The van der Waals surface area contributed by atoms with Gasteiger partial charge in [-0.15, -0.1) is 0 Å². The zero-order valence-electron chi connectivity index (χ0n) is 9.50. The molecule has 17 heavy (non-hydrogen) atoms. The van der Waals surface area contributed by atoms with E-state index in [1.54, 1.807) is 6.07 Å². The second-order valence-corrected chi connectivity index (χ2v) is 4.72. The molecule has 0 fully saturated rings. The molecule has 88 valence electrons. The van der Waals surface area contributed by atoms with E-state index in [2.05, 4.69) is 24.4 Å². The summed E-state index contributed by atoms with van der Waals surface area (Å²) in [7, 11) is 0. The van der Waals surface area contributed by atoms with Crippen LogP contribution in [0.4, 0.5) is 5.69 Å². The van der Waals surface area contributed by atoms with Crippen LogP contribution in [0.1, 0.15) is 11.1 Å². The fraction of sp³-hybridized carbons (Fsp3) is 0.143. The quantitative estimate of drug-likeness (QED) is 0.831. The van der Waals surface area contributed by atoms with Crippen molar-refractivity contribution in [3.8, 4) is 0 Å². The van der Waals surface area contributed by atoms with Crippen LogP contribution in [0.25, 0.3) is 0 Å². The molecule has 1 N–H and O–H groups in total. The molecule has 0 saturated heterocycles. The first-order valence-electron chi connectivity index (χ1n) is 5.40. The lowest BCUT2D eigenvalue weighted by molar-refractivity contribution is 1.15. The number of hydrogen-bond donors (Lipinski definition) is 1. The number of nitrogens with one attached hydrogen (secondary N) is 1. The van der Waals surface area contributed by atoms with Crippen molar-refractivity contribution in [2.24, 2.45) is 0 Å². The fourth-order valence-corrected chi connectivity index (χ4v) is 1.94. The van der Waals surface area contributed by atoms with Crippen molar-refractivity contribution in [1.29, 1.82) is 0 Å². The molecule has 0 spiro atoms. The van der Waals surface area contributed by atoms with Crippen molar-refractivity contribution in [2.75, 3.05) is 5.32 Å². The summed E-state index contributed by atoms with van der Waals surface area (Å²) >= 11 is 12.1. The van der Waals surface area contributed by atoms with Crippen molar-refractivity contribution in [1.82, 2.24) is 0 Å². The Morgan fingerprint density at radius 1 is 1.00 bits per heavy atom. The molecule has 1 nitrogen and oxygen atoms in total. The third-order valence-electron chi connectivity index (χ3n) is 2.57. The maximum atomic E-state index is 6.11. The lowest BCUT2D eigenvalue weighted by Crippen LogP contribution is -2.00. The average molecular weight is 266 g/mol. The molecule has 0 bridgehead atoms. The van der Waals surface area contributed by atoms with Crippen molar-refractivity contribution in [2.45, 2.75) is 13.5 Å². The maximum absolute atomic E-state index is 6.11. The third-order valence-corrected chi connectivity index (χ3v) is 3.42. The van der Waals surface area contributed by atoms with E-state index < -0.39 is 0 Å². The molecule has 2 rings (SSSR count). The van der Waals surface area contributed by atoms with Gasteiger partial charge in [-0.25, -0.2) is 0 Å². The summed E-state index contributed by atoms with van der Waals surface area (Å²) < 4.78 is 0. The first kappa shape index (κ1) is 12.3. The Hall–Kier alpha value is -1.18. The van der Waals surface area contributed by atoms with Crippen LogP contribution in [0.3, 0.4) is 0 Å². The highest BCUT2D eigenvalue weighted by atomic mass is 35.5. The van der Waals surface area contributed by atoms with Gasteiger partial charge in [0.2, 0.25) is 0 Å². The van der Waals surface area contributed by atoms with Crippen molar-refractivity contribution < 1.29 is 0 Å². The molecule has 0 aliphatic heterocycles. The normalized spacial score (nSPS) is 10.3. The Kier molecular flexibility index (Phi) is 3.93. The van der Waals surface area contributed by atoms with Crippen LogP contribution >= 0.6 is 23.2 Å². The summed E-state index contributed by atoms with van der Waals surface area (Å²) in [4.78, 5) is 0. The minimum absolute atomic E-state index is 0.592. The van der Waals surface area contributed by atoms with Crippen LogP contribution in [-0.2, 0) is 6.54 Å². The van der Waals surface area contributed by atoms with E-state index >= 15 is 0 Å². The largest absolute Gasteiger partial charge is 0.381 e. The lowest BCUT2D eigenvalue weighted by Gasteiger charge is -2.09. The number of rotatable bonds is 3. The van der Waals surface area contributed by atoms with Crippen molar-refractivity contribution in [3.05, 3.63) is 63.6 Å². The van der Waals surface area contributed by atoms with E-state index in [4.69, 9.17) is 23.2 Å². The Labute approximate surface area is 111 Å². The molecule has 3 heteroatoms. The van der Waals surface area contributed by atoms with Crippen LogP contribution in [0.2, 0.25) is 10.0 Å². The van der Waals surface area contributed by atoms with E-state index in [0.717, 1.165) is 11.3 Å². The number of hydrogen-bond acceptors (Lipinski definition) is 1. The Morgan fingerprint density at radius 2 is 1.71 bits per heavy atom. The van der Waals surface area contributed by atoms with Gasteiger partial charge in [0, 0.05) is 12.2 Å². The fourth-order valence-electron chi connectivity index (χ4n) is 1.55. The summed E-state index contributed by atoms with van der Waals surface area (Å²) in [5.41, 5.74) is 3.32. The SMILES string of the molecule is Cc1ccc(NCc2cccc(Cl)c2Cl)cc1. The van der Waals surface area contributed by atoms with Gasteiger partial charge in [-0.1, -0.05) is 53.0 Å². The highest BCUT2D eigenvalue weighted by Crippen LogP contribution is 2.26. The highest BCUT2D eigenvalue weighted by molar-refractivity contribution is 6.42. The third kappa shape index (κ3) is 3.15. The summed E-state index contributed by atoms with van der Waals surface area (Å²) in [6, 6.07) is 13.9. The summed E-state index contributed by atoms with van der Waals surface area (Å²) in [5, 5.41) is 4.52. The van der Waals surface area contributed by atoms with Crippen molar-refractivity contribution >= 4 is 28.9 Å². The Bertz CT molecular complexity index is 506. The van der Waals surface area contributed by atoms with Gasteiger partial charge < -0.3 is 5.32 Å². The summed E-state index contributed by atoms with van der Waals surface area (Å²) in [6.07, 6.45) is 0. The monoisotopic (exact) mass is 265 g/mol. The number of halogens is 2. The molecule has 0 atom stereocenters. The van der Waals surface area contributed by atoms with Crippen LogP contribution < -0.4 is 5.32 Å². The molecule has 0 heterocycles. The van der Waals surface area contributed by atoms with Crippen LogP contribution in [0.5, 0.6) is 0 Å². The molecule has 0 aromatic heterocycles. The van der Waals surface area contributed by atoms with Gasteiger partial charge in [0.05, 0.1) is 10.0 Å². The first-order valence-corrected chi connectivity index (χ1v) is 6.16. The standard InChI is InChI=1S/C14H13Cl2N/c1-10-5-7-12(8-6-10)17-9-11-3-2-4-13(15)14(11)16/h2-8,17H,9H2,1H3. The van der Waals surface area contributed by atoms with Crippen LogP contribution in [-0.4, -0.2) is 0 Å². The molecule has 0 amide bonds. The Morgan fingerprint density at radius 3 is 2.41 bits per heavy atom. The molecule has 0 radical (unpaired) electrons. The molecular formula is C14H13Cl2N. The summed E-state index contributed by atoms with van der Waals surface area (Å²) in [5.74, 6) is 0. The van der Waals surface area contributed by atoms with Crippen molar-refractivity contribution in [3.63, 3.8) is 0 Å². The topological polar surface area (TPSA) is 12.0 Å². The number of benzene rings is 2. The molecular weight excluding hydrogens is 253 g/mol. The van der Waals surface area contributed by atoms with Gasteiger partial charge in [-0.05, 0) is 30.7 Å². The zero-order chi connectivity index (χ0) is 12.3. The molecule has 2 aromatic rings. The predicted molar refractivity (Wildman–Crippen MR) is 75.0 cm³/mol. The van der Waals surface area contributed by atoms with E-state index in [1.165, 1.54) is 5.56 Å². The van der Waals surface area contributed by atoms with E-state index in [9.17, 15) is 0 Å². The zero-order valence-corrected chi connectivity index (χ0v) is 11.0. The Balaban J connectivity index is 2.07. The van der Waals surface area contributed by atoms with Gasteiger partial charge in [0.25, 0.3) is 0 Å². The van der Waals surface area contributed by atoms with Crippen LogP contribution in [0.15, 0.2) is 42.5 Å². The molecule has 0 unspecified atom stereocenters. The lowest BCUT2D eigenvalue weighted by atomic mass is 10.2. The molecule has 0 aliphatic rings. The number of aryl methyl sites for hydroxylation is 1. The molecule has 0 aliphatic carbocycles. The van der Waals surface area contributed by atoms with Gasteiger partial charge in [0.1, 0.15) is 0 Å². The second-order valence-electron chi connectivity index (χ2n) is 3.93. The maximum Gasteiger partial charge on any atom is 0.0642 e. The van der Waals surface area contributed by atoms with E-state index in [1.807, 2.05) is 24.3 Å². The molecule has 0 saturated carbocycles. The van der Waals surface area contributed by atoms with Gasteiger partial charge in [0.15, 0.2) is 0 Å². The van der Waals surface area contributed by atoms with Gasteiger partial charge >= 0.3 is 0 Å². The summed E-state index contributed by atoms with van der Waals surface area (Å²) in [6.45, 7) is 2.74. The minimum atomic E-state index is 0.592. The highest BCUT2D eigenvalue weighted by Gasteiger charge is 2.03. The number of anilines is 1. The molecule has 2 aromatic carbocycles. The van der Waals surface area contributed by atoms with Gasteiger partial charge in [-0.2, -0.15) is 0 Å². The van der Waals surface area contributed by atoms with Gasteiger partial charge in [-0.3, -0.25) is 0 Å². The van der Waals surface area contributed by atoms with E-state index in [-0.39, 0.29) is 0 Å². The second kappa shape index (κ2) is 5.44. The first-order chi connectivity index (χ1) is 8.16. The minimum Gasteiger partial charge on any atom is -0.381 e.